The van der Waals surface area contributed by atoms with Gasteiger partial charge >= 0.3 is 0 Å². The molecular weight excluding hydrogens is 342 g/mol. The minimum Gasteiger partial charge on any atom is -0.497 e. The molecule has 2 N–H and O–H groups in total. The van der Waals surface area contributed by atoms with Crippen molar-refractivity contribution in [2.45, 2.75) is 32.1 Å². The minimum absolute atomic E-state index is 0. The Hall–Kier alpha value is -2.38. The van der Waals surface area contributed by atoms with Crippen molar-refractivity contribution in [1.82, 2.24) is 0 Å². The van der Waals surface area contributed by atoms with E-state index in [1.54, 1.807) is 12.1 Å². The SMILES string of the molecule is C.CCCc1ccc(C(=O)Nc2ccc(OC)cc2S(=O)(=O)O)cc1. The molecule has 2 aromatic rings. The molecule has 0 saturated heterocycles. The van der Waals surface area contributed by atoms with Gasteiger partial charge in [-0.25, -0.2) is 0 Å². The molecule has 136 valence electrons. The van der Waals surface area contributed by atoms with E-state index in [1.807, 2.05) is 12.1 Å². The molecule has 0 heterocycles. The van der Waals surface area contributed by atoms with Crippen LogP contribution in [0.4, 0.5) is 5.69 Å². The Kier molecular flexibility index (Phi) is 7.14. The summed E-state index contributed by atoms with van der Waals surface area (Å²) in [6.07, 6.45) is 1.93. The Morgan fingerprint density at radius 2 is 1.80 bits per heavy atom. The van der Waals surface area contributed by atoms with Crippen LogP contribution in [0.3, 0.4) is 0 Å². The minimum atomic E-state index is -4.50. The van der Waals surface area contributed by atoms with Crippen LogP contribution in [0.1, 0.15) is 36.7 Å². The number of aryl methyl sites for hydroxylation is 1. The molecule has 0 aliphatic carbocycles. The largest absolute Gasteiger partial charge is 0.497 e. The van der Waals surface area contributed by atoms with E-state index in [2.05, 4.69) is 12.2 Å². The lowest BCUT2D eigenvalue weighted by atomic mass is 10.1. The second-order valence-electron chi connectivity index (χ2n) is 5.24. The first-order chi connectivity index (χ1) is 11.3. The highest BCUT2D eigenvalue weighted by atomic mass is 32.2. The monoisotopic (exact) mass is 365 g/mol. The number of carbonyl (C=O) groups is 1. The third kappa shape index (κ3) is 5.30. The maximum atomic E-state index is 12.3. The average molecular weight is 365 g/mol. The molecule has 0 spiro atoms. The fourth-order valence-corrected chi connectivity index (χ4v) is 2.91. The van der Waals surface area contributed by atoms with E-state index >= 15 is 0 Å². The van der Waals surface area contributed by atoms with Crippen LogP contribution in [-0.4, -0.2) is 26.0 Å². The van der Waals surface area contributed by atoms with Gasteiger partial charge in [0.2, 0.25) is 0 Å². The molecule has 2 aromatic carbocycles. The molecule has 0 fully saturated rings. The van der Waals surface area contributed by atoms with Crippen molar-refractivity contribution >= 4 is 21.7 Å². The van der Waals surface area contributed by atoms with Gasteiger partial charge in [0, 0.05) is 11.6 Å². The molecule has 7 heteroatoms. The lowest BCUT2D eigenvalue weighted by molar-refractivity contribution is 0.102. The van der Waals surface area contributed by atoms with Gasteiger partial charge in [-0.05, 0) is 36.2 Å². The normalized spacial score (nSPS) is 10.7. The van der Waals surface area contributed by atoms with E-state index in [9.17, 15) is 17.8 Å². The summed E-state index contributed by atoms with van der Waals surface area (Å²) in [5.74, 6) is -0.211. The van der Waals surface area contributed by atoms with Gasteiger partial charge in [-0.1, -0.05) is 32.9 Å². The van der Waals surface area contributed by atoms with Crippen LogP contribution in [-0.2, 0) is 16.5 Å². The van der Waals surface area contributed by atoms with Crippen LogP contribution in [0, 0.1) is 0 Å². The molecule has 0 saturated carbocycles. The number of amides is 1. The Bertz CT molecular complexity index is 829. The highest BCUT2D eigenvalue weighted by Crippen LogP contribution is 2.26. The zero-order chi connectivity index (χ0) is 17.7. The summed E-state index contributed by atoms with van der Waals surface area (Å²) in [6.45, 7) is 2.07. The number of carbonyl (C=O) groups excluding carboxylic acids is 1. The molecule has 2 rings (SSSR count). The van der Waals surface area contributed by atoms with Gasteiger partial charge in [0.05, 0.1) is 12.8 Å². The summed E-state index contributed by atoms with van der Waals surface area (Å²) in [6, 6.07) is 11.1. The smallest absolute Gasteiger partial charge is 0.296 e. The first-order valence-corrected chi connectivity index (χ1v) is 8.85. The Morgan fingerprint density at radius 1 is 1.16 bits per heavy atom. The van der Waals surface area contributed by atoms with Gasteiger partial charge < -0.3 is 10.1 Å². The van der Waals surface area contributed by atoms with Crippen LogP contribution in [0.15, 0.2) is 47.4 Å². The molecule has 0 aliphatic heterocycles. The van der Waals surface area contributed by atoms with Crippen molar-refractivity contribution in [2.24, 2.45) is 0 Å². The van der Waals surface area contributed by atoms with Gasteiger partial charge in [0.15, 0.2) is 0 Å². The zero-order valence-electron chi connectivity index (χ0n) is 13.4. The Balaban J connectivity index is 0.00000312. The van der Waals surface area contributed by atoms with Crippen molar-refractivity contribution in [2.75, 3.05) is 12.4 Å². The highest BCUT2D eigenvalue weighted by Gasteiger charge is 2.19. The van der Waals surface area contributed by atoms with Crippen molar-refractivity contribution < 1.29 is 22.5 Å². The zero-order valence-corrected chi connectivity index (χ0v) is 14.3. The standard InChI is InChI=1S/C17H19NO5S.CH4/c1-3-4-12-5-7-13(8-6-12)17(19)18-15-10-9-14(23-2)11-16(15)24(20,21)22;/h5-11H,3-4H2,1-2H3,(H,18,19)(H,20,21,22);1H4. The number of ether oxygens (including phenoxy) is 1. The second kappa shape index (κ2) is 8.64. The van der Waals surface area contributed by atoms with Gasteiger partial charge in [-0.2, -0.15) is 8.42 Å². The number of benzene rings is 2. The fraction of sp³-hybridized carbons (Fsp3) is 0.278. The Labute approximate surface area is 148 Å². The number of nitrogens with one attached hydrogen (secondary N) is 1. The summed E-state index contributed by atoms with van der Waals surface area (Å²) in [7, 11) is -3.13. The van der Waals surface area contributed by atoms with E-state index in [4.69, 9.17) is 4.74 Å². The molecule has 0 aromatic heterocycles. The van der Waals surface area contributed by atoms with E-state index in [0.29, 0.717) is 5.56 Å². The molecule has 0 aliphatic rings. The average Bonchev–Trinajstić information content (AvgIpc) is 2.55. The number of rotatable bonds is 6. The van der Waals surface area contributed by atoms with Gasteiger partial charge in [-0.15, -0.1) is 0 Å². The summed E-state index contributed by atoms with van der Waals surface area (Å²) in [5, 5.41) is 2.50. The molecule has 0 radical (unpaired) electrons. The number of anilines is 1. The van der Waals surface area contributed by atoms with Crippen molar-refractivity contribution in [1.29, 1.82) is 0 Å². The van der Waals surface area contributed by atoms with Crippen molar-refractivity contribution in [3.63, 3.8) is 0 Å². The van der Waals surface area contributed by atoms with E-state index < -0.39 is 20.9 Å². The summed E-state index contributed by atoms with van der Waals surface area (Å²) >= 11 is 0. The summed E-state index contributed by atoms with van der Waals surface area (Å²) < 4.78 is 37.3. The molecular formula is C18H23NO5S. The number of hydrogen-bond acceptors (Lipinski definition) is 4. The summed E-state index contributed by atoms with van der Waals surface area (Å²) in [5.41, 5.74) is 1.50. The van der Waals surface area contributed by atoms with Gasteiger partial charge in [0.1, 0.15) is 10.6 Å². The quantitative estimate of drug-likeness (QED) is 0.760. The van der Waals surface area contributed by atoms with Crippen LogP contribution < -0.4 is 10.1 Å². The van der Waals surface area contributed by atoms with Crippen molar-refractivity contribution in [3.05, 3.63) is 53.6 Å². The van der Waals surface area contributed by atoms with Gasteiger partial charge in [0.25, 0.3) is 16.0 Å². The third-order valence-corrected chi connectivity index (χ3v) is 4.36. The fourth-order valence-electron chi connectivity index (χ4n) is 2.25. The lowest BCUT2D eigenvalue weighted by Crippen LogP contribution is -2.14. The van der Waals surface area contributed by atoms with E-state index in [-0.39, 0.29) is 18.9 Å². The first-order valence-electron chi connectivity index (χ1n) is 7.41. The lowest BCUT2D eigenvalue weighted by Gasteiger charge is -2.11. The maximum Gasteiger partial charge on any atom is 0.296 e. The van der Waals surface area contributed by atoms with E-state index in [0.717, 1.165) is 24.5 Å². The molecule has 25 heavy (non-hydrogen) atoms. The third-order valence-electron chi connectivity index (χ3n) is 3.47. The Morgan fingerprint density at radius 3 is 2.32 bits per heavy atom. The predicted molar refractivity (Wildman–Crippen MR) is 97.9 cm³/mol. The maximum absolute atomic E-state index is 12.3. The molecule has 1 amide bonds. The summed E-state index contributed by atoms with van der Waals surface area (Å²) in [4.78, 5) is 11.9. The van der Waals surface area contributed by atoms with Crippen LogP contribution in [0.25, 0.3) is 0 Å². The second-order valence-corrected chi connectivity index (χ2v) is 6.63. The van der Waals surface area contributed by atoms with Crippen LogP contribution in [0.5, 0.6) is 5.75 Å². The van der Waals surface area contributed by atoms with Gasteiger partial charge in [-0.3, -0.25) is 9.35 Å². The number of methoxy groups -OCH3 is 1. The van der Waals surface area contributed by atoms with Crippen molar-refractivity contribution in [3.8, 4) is 5.75 Å². The molecule has 0 atom stereocenters. The predicted octanol–water partition coefficient (Wildman–Crippen LogP) is 3.78. The molecule has 0 unspecified atom stereocenters. The molecule has 0 bridgehead atoms. The topological polar surface area (TPSA) is 92.7 Å². The first kappa shape index (κ1) is 20.7. The van der Waals surface area contributed by atoms with Crippen LogP contribution >= 0.6 is 0 Å². The molecule has 6 nitrogen and oxygen atoms in total. The van der Waals surface area contributed by atoms with E-state index in [1.165, 1.54) is 19.2 Å². The highest BCUT2D eigenvalue weighted by molar-refractivity contribution is 7.86. The van der Waals surface area contributed by atoms with Crippen LogP contribution in [0.2, 0.25) is 0 Å². The number of hydrogen-bond donors (Lipinski definition) is 2.